The van der Waals surface area contributed by atoms with Gasteiger partial charge in [0.25, 0.3) is 0 Å². The molecule has 0 N–H and O–H groups in total. The van der Waals surface area contributed by atoms with E-state index in [2.05, 4.69) is 13.8 Å². The Morgan fingerprint density at radius 3 is 2.23 bits per heavy atom. The summed E-state index contributed by atoms with van der Waals surface area (Å²) in [5.74, 6) is -0.0306. The summed E-state index contributed by atoms with van der Waals surface area (Å²) in [7, 11) is 0. The zero-order valence-electron chi connectivity index (χ0n) is 8.97. The van der Waals surface area contributed by atoms with E-state index in [-0.39, 0.29) is 29.0 Å². The van der Waals surface area contributed by atoms with E-state index < -0.39 is 0 Å². The number of carbonyl (C=O) groups is 1. The van der Waals surface area contributed by atoms with Gasteiger partial charge >= 0.3 is 5.97 Å². The lowest BCUT2D eigenvalue weighted by molar-refractivity contribution is -0.143. The first-order chi connectivity index (χ1) is 5.81. The summed E-state index contributed by atoms with van der Waals surface area (Å²) in [6, 6.07) is 0. The fourth-order valence-electron chi connectivity index (χ4n) is 0.922. The Hall–Kier alpha value is 0.236. The number of hydrogen-bond donors (Lipinski definition) is 0. The number of unbranched alkanes of at least 4 members (excludes halogenated alkanes) is 3. The second-order valence-corrected chi connectivity index (χ2v) is 3.03. The largest absolute Gasteiger partial charge is 0.466 e. The van der Waals surface area contributed by atoms with Crippen molar-refractivity contribution in [2.75, 3.05) is 6.61 Å². The van der Waals surface area contributed by atoms with Crippen molar-refractivity contribution in [1.29, 1.82) is 0 Å². The van der Waals surface area contributed by atoms with E-state index in [1.165, 1.54) is 0 Å². The molecular formula is C10H20MgO2. The smallest absolute Gasteiger partial charge is 0.305 e. The van der Waals surface area contributed by atoms with Crippen LogP contribution in [0.5, 0.6) is 0 Å². The maximum absolute atomic E-state index is 11.0. The first-order valence-electron chi connectivity index (χ1n) is 4.96. The summed E-state index contributed by atoms with van der Waals surface area (Å²) >= 11 is 0. The SMILES string of the molecule is CCCCCC(=O)OCCCC.[Mg]. The van der Waals surface area contributed by atoms with Crippen LogP contribution < -0.4 is 0 Å². The lowest BCUT2D eigenvalue weighted by Crippen LogP contribution is -2.05. The monoisotopic (exact) mass is 196 g/mol. The molecule has 74 valence electrons. The molecule has 0 aromatic heterocycles. The molecule has 0 amide bonds. The molecule has 0 rings (SSSR count). The lowest BCUT2D eigenvalue weighted by Gasteiger charge is -2.02. The predicted molar refractivity (Wildman–Crippen MR) is 55.8 cm³/mol. The zero-order valence-corrected chi connectivity index (χ0v) is 10.4. The zero-order chi connectivity index (χ0) is 9.23. The van der Waals surface area contributed by atoms with Crippen molar-refractivity contribution in [2.24, 2.45) is 0 Å². The highest BCUT2D eigenvalue weighted by molar-refractivity contribution is 5.75. The van der Waals surface area contributed by atoms with Gasteiger partial charge in [0.1, 0.15) is 0 Å². The van der Waals surface area contributed by atoms with Gasteiger partial charge in [-0.05, 0) is 12.8 Å². The third kappa shape index (κ3) is 12.2. The number of hydrogen-bond acceptors (Lipinski definition) is 2. The molecule has 13 heavy (non-hydrogen) atoms. The minimum absolute atomic E-state index is 0. The number of rotatable bonds is 7. The minimum atomic E-state index is -0.0306. The predicted octanol–water partition coefficient (Wildman–Crippen LogP) is 2.53. The summed E-state index contributed by atoms with van der Waals surface area (Å²) in [4.78, 5) is 11.0. The van der Waals surface area contributed by atoms with Gasteiger partial charge in [0.15, 0.2) is 0 Å². The second kappa shape index (κ2) is 12.2. The minimum Gasteiger partial charge on any atom is -0.466 e. The number of ether oxygens (including phenoxy) is 1. The topological polar surface area (TPSA) is 26.3 Å². The fourth-order valence-corrected chi connectivity index (χ4v) is 0.922. The molecule has 2 nitrogen and oxygen atoms in total. The van der Waals surface area contributed by atoms with Crippen molar-refractivity contribution in [3.63, 3.8) is 0 Å². The molecule has 0 fully saturated rings. The van der Waals surface area contributed by atoms with E-state index >= 15 is 0 Å². The van der Waals surface area contributed by atoms with E-state index in [0.29, 0.717) is 13.0 Å². The molecule has 0 unspecified atom stereocenters. The van der Waals surface area contributed by atoms with Crippen LogP contribution >= 0.6 is 0 Å². The van der Waals surface area contributed by atoms with Crippen molar-refractivity contribution in [1.82, 2.24) is 0 Å². The van der Waals surface area contributed by atoms with E-state index in [9.17, 15) is 4.79 Å². The summed E-state index contributed by atoms with van der Waals surface area (Å²) < 4.78 is 4.99. The quantitative estimate of drug-likeness (QED) is 0.355. The van der Waals surface area contributed by atoms with Gasteiger partial charge in [0.2, 0.25) is 0 Å². The van der Waals surface area contributed by atoms with E-state index in [1.54, 1.807) is 0 Å². The molecule has 2 radical (unpaired) electrons. The van der Waals surface area contributed by atoms with Crippen LogP contribution in [0.3, 0.4) is 0 Å². The van der Waals surface area contributed by atoms with Crippen molar-refractivity contribution < 1.29 is 9.53 Å². The molecule has 0 aliphatic rings. The van der Waals surface area contributed by atoms with Crippen LogP contribution in [0.25, 0.3) is 0 Å². The number of carbonyl (C=O) groups excluding carboxylic acids is 1. The summed E-state index contributed by atoms with van der Waals surface area (Å²) in [6.45, 7) is 4.81. The summed E-state index contributed by atoms with van der Waals surface area (Å²) in [5.41, 5.74) is 0. The average Bonchev–Trinajstić information content (AvgIpc) is 2.06. The van der Waals surface area contributed by atoms with Crippen molar-refractivity contribution in [2.45, 2.75) is 52.4 Å². The normalized spacial score (nSPS) is 9.08. The van der Waals surface area contributed by atoms with Gasteiger partial charge in [-0.3, -0.25) is 4.79 Å². The van der Waals surface area contributed by atoms with Gasteiger partial charge in [-0.2, -0.15) is 0 Å². The van der Waals surface area contributed by atoms with Crippen LogP contribution in [-0.4, -0.2) is 35.6 Å². The molecule has 3 heteroatoms. The number of esters is 1. The van der Waals surface area contributed by atoms with Crippen LogP contribution in [0.4, 0.5) is 0 Å². The molecule has 0 saturated carbocycles. The van der Waals surface area contributed by atoms with E-state index in [1.807, 2.05) is 0 Å². The lowest BCUT2D eigenvalue weighted by atomic mass is 10.2. The molecule has 0 atom stereocenters. The Morgan fingerprint density at radius 1 is 1.08 bits per heavy atom. The Kier molecular flexibility index (Phi) is 14.8. The highest BCUT2D eigenvalue weighted by Gasteiger charge is 2.00. The average molecular weight is 197 g/mol. The van der Waals surface area contributed by atoms with Crippen molar-refractivity contribution >= 4 is 29.0 Å². The third-order valence-electron chi connectivity index (χ3n) is 1.75. The molecule has 0 aromatic carbocycles. The van der Waals surface area contributed by atoms with Crippen LogP contribution in [0.2, 0.25) is 0 Å². The first kappa shape index (κ1) is 15.7. The van der Waals surface area contributed by atoms with Crippen LogP contribution in [0.15, 0.2) is 0 Å². The van der Waals surface area contributed by atoms with Gasteiger partial charge in [0, 0.05) is 29.5 Å². The van der Waals surface area contributed by atoms with Gasteiger partial charge in [-0.25, -0.2) is 0 Å². The van der Waals surface area contributed by atoms with Crippen molar-refractivity contribution in [3.8, 4) is 0 Å². The summed E-state index contributed by atoms with van der Waals surface area (Å²) in [5, 5.41) is 0. The van der Waals surface area contributed by atoms with Gasteiger partial charge < -0.3 is 4.74 Å². The Bertz CT molecular complexity index is 103. The second-order valence-electron chi connectivity index (χ2n) is 3.03. The standard InChI is InChI=1S/C10H20O2.Mg/c1-3-5-7-8-10(11)12-9-6-4-2;/h3-9H2,1-2H3;. The Balaban J connectivity index is 0. The Labute approximate surface area is 97.6 Å². The fraction of sp³-hybridized carbons (Fsp3) is 0.900. The molecule has 0 heterocycles. The van der Waals surface area contributed by atoms with E-state index in [0.717, 1.165) is 32.1 Å². The van der Waals surface area contributed by atoms with Gasteiger partial charge in [-0.15, -0.1) is 0 Å². The maximum atomic E-state index is 11.0. The molecule has 0 aliphatic heterocycles. The maximum Gasteiger partial charge on any atom is 0.305 e. The van der Waals surface area contributed by atoms with Crippen LogP contribution in [-0.2, 0) is 9.53 Å². The van der Waals surface area contributed by atoms with Crippen LogP contribution in [0, 0.1) is 0 Å². The molecular weight excluding hydrogens is 176 g/mol. The van der Waals surface area contributed by atoms with Crippen LogP contribution in [0.1, 0.15) is 52.4 Å². The molecule has 0 aromatic rings. The summed E-state index contributed by atoms with van der Waals surface area (Å²) in [6.07, 6.45) is 5.92. The Morgan fingerprint density at radius 2 is 1.69 bits per heavy atom. The molecule has 0 spiro atoms. The first-order valence-corrected chi connectivity index (χ1v) is 4.96. The molecule has 0 saturated heterocycles. The molecule has 0 bridgehead atoms. The van der Waals surface area contributed by atoms with E-state index in [4.69, 9.17) is 4.74 Å². The van der Waals surface area contributed by atoms with Gasteiger partial charge in [0.05, 0.1) is 6.61 Å². The highest BCUT2D eigenvalue weighted by atomic mass is 24.3. The third-order valence-corrected chi connectivity index (χ3v) is 1.75. The highest BCUT2D eigenvalue weighted by Crippen LogP contribution is 2.00. The van der Waals surface area contributed by atoms with Crippen molar-refractivity contribution in [3.05, 3.63) is 0 Å². The molecule has 0 aliphatic carbocycles. The van der Waals surface area contributed by atoms with Gasteiger partial charge in [-0.1, -0.05) is 33.1 Å².